The highest BCUT2D eigenvalue weighted by molar-refractivity contribution is 4.61. The van der Waals surface area contributed by atoms with Gasteiger partial charge in [0.1, 0.15) is 0 Å². The lowest BCUT2D eigenvalue weighted by Gasteiger charge is -2.21. The third-order valence-electron chi connectivity index (χ3n) is 1.61. The van der Waals surface area contributed by atoms with E-state index in [0.717, 1.165) is 26.2 Å². The average molecular weight is 160 g/mol. The van der Waals surface area contributed by atoms with Crippen molar-refractivity contribution in [1.29, 1.82) is 0 Å². The van der Waals surface area contributed by atoms with E-state index in [0.29, 0.717) is 0 Å². The topological polar surface area (TPSA) is 38.5 Å². The van der Waals surface area contributed by atoms with Gasteiger partial charge in [-0.15, -0.1) is 0 Å². The van der Waals surface area contributed by atoms with Crippen molar-refractivity contribution in [2.24, 2.45) is 5.73 Å². The summed E-state index contributed by atoms with van der Waals surface area (Å²) in [6.07, 6.45) is 0. The van der Waals surface area contributed by atoms with Gasteiger partial charge in [-0.05, 0) is 13.5 Å². The Morgan fingerprint density at radius 2 is 2.18 bits per heavy atom. The Hall–Kier alpha value is -0.120. The highest BCUT2D eigenvalue weighted by atomic mass is 16.5. The first-order valence-corrected chi connectivity index (χ1v) is 4.17. The largest absolute Gasteiger partial charge is 0.383 e. The van der Waals surface area contributed by atoms with Crippen LogP contribution in [-0.4, -0.2) is 44.3 Å². The fourth-order valence-corrected chi connectivity index (χ4v) is 1.01. The highest BCUT2D eigenvalue weighted by Gasteiger charge is 2.03. The molecule has 0 unspecified atom stereocenters. The Labute approximate surface area is 69.5 Å². The van der Waals surface area contributed by atoms with Crippen LogP contribution in [0.3, 0.4) is 0 Å². The fraction of sp³-hybridized carbons (Fsp3) is 1.00. The normalized spacial score (nSPS) is 13.9. The third-order valence-corrected chi connectivity index (χ3v) is 1.61. The molecular weight excluding hydrogens is 140 g/mol. The first-order chi connectivity index (χ1) is 5.20. The smallest absolute Gasteiger partial charge is 0.0589 e. The number of methoxy groups -OCH3 is 1. The molecule has 11 heavy (non-hydrogen) atoms. The van der Waals surface area contributed by atoms with Gasteiger partial charge in [-0.25, -0.2) is 0 Å². The summed E-state index contributed by atoms with van der Waals surface area (Å²) in [5.41, 5.74) is 5.66. The summed E-state index contributed by atoms with van der Waals surface area (Å²) in [6, 6.07) is 0.256. The number of hydrogen-bond acceptors (Lipinski definition) is 3. The Kier molecular flexibility index (Phi) is 6.51. The van der Waals surface area contributed by atoms with E-state index in [4.69, 9.17) is 10.5 Å². The van der Waals surface area contributed by atoms with Gasteiger partial charge in [0.25, 0.3) is 0 Å². The van der Waals surface area contributed by atoms with Gasteiger partial charge in [-0.2, -0.15) is 0 Å². The predicted molar refractivity (Wildman–Crippen MR) is 47.6 cm³/mol. The van der Waals surface area contributed by atoms with Crippen LogP contribution >= 0.6 is 0 Å². The molecular formula is C8H20N2O. The van der Waals surface area contributed by atoms with Crippen molar-refractivity contribution in [3.63, 3.8) is 0 Å². The molecule has 0 saturated carbocycles. The summed E-state index contributed by atoms with van der Waals surface area (Å²) in [4.78, 5) is 2.29. The van der Waals surface area contributed by atoms with E-state index in [-0.39, 0.29) is 6.04 Å². The fourth-order valence-electron chi connectivity index (χ4n) is 1.01. The van der Waals surface area contributed by atoms with Gasteiger partial charge in [0.05, 0.1) is 6.61 Å². The van der Waals surface area contributed by atoms with Crippen molar-refractivity contribution in [1.82, 2.24) is 4.90 Å². The van der Waals surface area contributed by atoms with Crippen molar-refractivity contribution in [3.8, 4) is 0 Å². The van der Waals surface area contributed by atoms with Gasteiger partial charge in [-0.3, -0.25) is 4.90 Å². The molecule has 2 N–H and O–H groups in total. The van der Waals surface area contributed by atoms with Crippen LogP contribution in [0.2, 0.25) is 0 Å². The Bertz CT molecular complexity index is 86.2. The van der Waals surface area contributed by atoms with Crippen LogP contribution < -0.4 is 5.73 Å². The standard InChI is InChI=1S/C8H20N2O/c1-4-10(5-6-11-3)7-8(2)9/h8H,4-7,9H2,1-3H3/t8-/m1/s1. The van der Waals surface area contributed by atoms with E-state index in [2.05, 4.69) is 11.8 Å². The molecule has 0 amide bonds. The molecule has 0 aromatic carbocycles. The molecule has 0 aromatic heterocycles. The van der Waals surface area contributed by atoms with Crippen LogP contribution in [0.25, 0.3) is 0 Å². The second-order valence-corrected chi connectivity index (χ2v) is 2.86. The lowest BCUT2D eigenvalue weighted by atomic mass is 10.3. The van der Waals surface area contributed by atoms with Crippen LogP contribution in [0.15, 0.2) is 0 Å². The van der Waals surface area contributed by atoms with Crippen molar-refractivity contribution in [2.45, 2.75) is 19.9 Å². The Morgan fingerprint density at radius 1 is 1.55 bits per heavy atom. The van der Waals surface area contributed by atoms with E-state index in [1.165, 1.54) is 0 Å². The van der Waals surface area contributed by atoms with Crippen LogP contribution in [0, 0.1) is 0 Å². The molecule has 3 heteroatoms. The molecule has 0 aromatic rings. The van der Waals surface area contributed by atoms with Gasteiger partial charge >= 0.3 is 0 Å². The highest BCUT2D eigenvalue weighted by Crippen LogP contribution is 1.89. The first kappa shape index (κ1) is 10.9. The predicted octanol–water partition coefficient (Wildman–Crippen LogP) is 0.302. The summed E-state index contributed by atoms with van der Waals surface area (Å²) in [7, 11) is 1.72. The van der Waals surface area contributed by atoms with Crippen molar-refractivity contribution >= 4 is 0 Å². The maximum Gasteiger partial charge on any atom is 0.0589 e. The third kappa shape index (κ3) is 6.28. The molecule has 0 heterocycles. The zero-order valence-corrected chi connectivity index (χ0v) is 7.84. The molecule has 0 aliphatic rings. The van der Waals surface area contributed by atoms with Gasteiger partial charge in [0.15, 0.2) is 0 Å². The lowest BCUT2D eigenvalue weighted by Crippen LogP contribution is -2.37. The molecule has 0 saturated heterocycles. The molecule has 0 fully saturated rings. The summed E-state index contributed by atoms with van der Waals surface area (Å²) in [5.74, 6) is 0. The van der Waals surface area contributed by atoms with Crippen molar-refractivity contribution in [2.75, 3.05) is 33.4 Å². The van der Waals surface area contributed by atoms with E-state index < -0.39 is 0 Å². The maximum absolute atomic E-state index is 5.66. The van der Waals surface area contributed by atoms with Crippen LogP contribution in [0.4, 0.5) is 0 Å². The Morgan fingerprint density at radius 3 is 2.55 bits per heavy atom. The van der Waals surface area contributed by atoms with Gasteiger partial charge in [-0.1, -0.05) is 6.92 Å². The minimum Gasteiger partial charge on any atom is -0.383 e. The molecule has 0 rings (SSSR count). The molecule has 3 nitrogen and oxygen atoms in total. The maximum atomic E-state index is 5.66. The number of hydrogen-bond donors (Lipinski definition) is 1. The molecule has 0 aliphatic carbocycles. The second-order valence-electron chi connectivity index (χ2n) is 2.86. The molecule has 0 spiro atoms. The SMILES string of the molecule is CCN(CCOC)C[C@@H](C)N. The average Bonchev–Trinajstić information content (AvgIpc) is 1.97. The van der Waals surface area contributed by atoms with Crippen LogP contribution in [0.5, 0.6) is 0 Å². The Balaban J connectivity index is 3.41. The van der Waals surface area contributed by atoms with Gasteiger partial charge in [0.2, 0.25) is 0 Å². The quantitative estimate of drug-likeness (QED) is 0.607. The van der Waals surface area contributed by atoms with Crippen molar-refractivity contribution in [3.05, 3.63) is 0 Å². The zero-order chi connectivity index (χ0) is 8.69. The van der Waals surface area contributed by atoms with E-state index >= 15 is 0 Å². The number of nitrogens with zero attached hydrogens (tertiary/aromatic N) is 1. The minimum absolute atomic E-state index is 0.256. The number of rotatable bonds is 6. The molecule has 68 valence electrons. The van der Waals surface area contributed by atoms with Gasteiger partial charge in [0, 0.05) is 26.2 Å². The van der Waals surface area contributed by atoms with E-state index in [9.17, 15) is 0 Å². The van der Waals surface area contributed by atoms with Gasteiger partial charge < -0.3 is 10.5 Å². The van der Waals surface area contributed by atoms with E-state index in [1.54, 1.807) is 7.11 Å². The molecule has 0 radical (unpaired) electrons. The number of likely N-dealkylation sites (N-methyl/N-ethyl adjacent to an activating group) is 1. The summed E-state index contributed by atoms with van der Waals surface area (Å²) in [6.45, 7) is 7.94. The van der Waals surface area contributed by atoms with Crippen molar-refractivity contribution < 1.29 is 4.74 Å². The molecule has 1 atom stereocenters. The summed E-state index contributed by atoms with van der Waals surface area (Å²) in [5, 5.41) is 0. The lowest BCUT2D eigenvalue weighted by molar-refractivity contribution is 0.148. The molecule has 0 aliphatic heterocycles. The number of ether oxygens (including phenoxy) is 1. The monoisotopic (exact) mass is 160 g/mol. The van der Waals surface area contributed by atoms with E-state index in [1.807, 2.05) is 6.92 Å². The van der Waals surface area contributed by atoms with Crippen LogP contribution in [0.1, 0.15) is 13.8 Å². The summed E-state index contributed by atoms with van der Waals surface area (Å²) >= 11 is 0. The number of nitrogens with two attached hydrogens (primary N) is 1. The zero-order valence-electron chi connectivity index (χ0n) is 7.84. The summed E-state index contributed by atoms with van der Waals surface area (Å²) < 4.78 is 4.97. The molecule has 0 bridgehead atoms. The minimum atomic E-state index is 0.256. The second kappa shape index (κ2) is 6.58. The van der Waals surface area contributed by atoms with Crippen LogP contribution in [-0.2, 0) is 4.74 Å². The first-order valence-electron chi connectivity index (χ1n) is 4.17.